The Morgan fingerprint density at radius 1 is 0.800 bits per heavy atom. The molecule has 0 unspecified atom stereocenters. The van der Waals surface area contributed by atoms with E-state index in [1.54, 1.807) is 0 Å². The van der Waals surface area contributed by atoms with Crippen LogP contribution in [-0.4, -0.2) is 42.3 Å². The Morgan fingerprint density at radius 3 is 1.93 bits per heavy atom. The van der Waals surface area contributed by atoms with Gasteiger partial charge in [-0.2, -0.15) is 0 Å². The topological polar surface area (TPSA) is 166 Å². The monoisotopic (exact) mass is 604 g/mol. The fourth-order valence-electron chi connectivity index (χ4n) is 4.06. The lowest BCUT2D eigenvalue weighted by atomic mass is 9.97. The first-order valence-electron chi connectivity index (χ1n) is 12.8. The average molecular weight is 606 g/mol. The second-order valence-electron chi connectivity index (χ2n) is 9.06. The molecule has 0 fully saturated rings. The van der Waals surface area contributed by atoms with E-state index >= 15 is 0 Å². The molecule has 2 atom stereocenters. The van der Waals surface area contributed by atoms with Gasteiger partial charge in [0.25, 0.3) is 0 Å². The summed E-state index contributed by atoms with van der Waals surface area (Å²) in [4.78, 5) is 42.8. The van der Waals surface area contributed by atoms with E-state index in [1.165, 1.54) is 6.08 Å². The molecule has 0 spiro atoms. The number of amides is 3. The van der Waals surface area contributed by atoms with Crippen LogP contribution in [0.3, 0.4) is 0 Å². The van der Waals surface area contributed by atoms with Crippen LogP contribution in [-0.2, 0) is 20.8 Å². The number of guanidine groups is 1. The Kier molecular flexibility index (Phi) is 11.5. The Bertz CT molecular complexity index is 1320. The summed E-state index contributed by atoms with van der Waals surface area (Å²) in [6.07, 6.45) is 2.29. The molecular weight excluding hydrogens is 572 g/mol. The number of aliphatic imine (C=N–C) groups is 1. The number of carbonyl (C=O) groups excluding carboxylic acids is 3. The number of nitrogens with one attached hydrogen (secondary N) is 2. The van der Waals surface area contributed by atoms with Crippen molar-refractivity contribution in [2.24, 2.45) is 22.2 Å². The van der Waals surface area contributed by atoms with E-state index in [0.29, 0.717) is 12.0 Å². The van der Waals surface area contributed by atoms with E-state index in [9.17, 15) is 14.4 Å². The second-order valence-corrected chi connectivity index (χ2v) is 9.91. The number of primary amides is 1. The summed E-state index contributed by atoms with van der Waals surface area (Å²) in [5.41, 5.74) is 19.6. The number of benzene rings is 3. The highest BCUT2D eigenvalue weighted by molar-refractivity contribution is 9.10. The number of halogens is 1. The molecule has 3 aromatic rings. The molecule has 3 amide bonds. The Labute approximate surface area is 242 Å². The maximum atomic E-state index is 13.4. The molecule has 0 aromatic heterocycles. The standard InChI is InChI=1S/C30H33BrN6O3/c31-24-15-8-7-14-22(24)18-26(28(32)39)37-29(40)25(16-9-17-35-30(33)34)36-27(38)19-23(20-10-3-1-4-11-20)21-12-5-2-6-13-21/h1-8,10-15,19,25-26H,9,16-18H2,(H2,32,39)(H,36,38)(H,37,40)(H4,33,34,35)/t25-,26+/m1/s1. The van der Waals surface area contributed by atoms with Gasteiger partial charge in [0, 0.05) is 23.5 Å². The average Bonchev–Trinajstić information content (AvgIpc) is 2.94. The molecule has 8 N–H and O–H groups in total. The van der Waals surface area contributed by atoms with Gasteiger partial charge in [-0.05, 0) is 41.2 Å². The Balaban J connectivity index is 1.83. The van der Waals surface area contributed by atoms with E-state index in [-0.39, 0.29) is 25.3 Å². The molecule has 0 saturated carbocycles. The zero-order valence-electron chi connectivity index (χ0n) is 21.9. The summed E-state index contributed by atoms with van der Waals surface area (Å²) in [5.74, 6) is -1.76. The van der Waals surface area contributed by atoms with Crippen LogP contribution in [0.15, 0.2) is 100 Å². The number of hydrogen-bond acceptors (Lipinski definition) is 4. The number of nitrogens with two attached hydrogens (primary N) is 3. The summed E-state index contributed by atoms with van der Waals surface area (Å²) in [6, 6.07) is 24.4. The van der Waals surface area contributed by atoms with Crippen molar-refractivity contribution in [2.45, 2.75) is 31.3 Å². The second kappa shape index (κ2) is 15.2. The first kappa shape index (κ1) is 30.1. The molecule has 0 saturated heterocycles. The van der Waals surface area contributed by atoms with Crippen molar-refractivity contribution in [1.82, 2.24) is 10.6 Å². The van der Waals surface area contributed by atoms with Crippen LogP contribution in [0.2, 0.25) is 0 Å². The van der Waals surface area contributed by atoms with Gasteiger partial charge in [0.15, 0.2) is 5.96 Å². The van der Waals surface area contributed by atoms with Gasteiger partial charge < -0.3 is 27.8 Å². The minimum atomic E-state index is -0.983. The molecule has 0 aliphatic heterocycles. The van der Waals surface area contributed by atoms with Crippen LogP contribution in [0.5, 0.6) is 0 Å². The molecule has 40 heavy (non-hydrogen) atoms. The van der Waals surface area contributed by atoms with Gasteiger partial charge in [-0.25, -0.2) is 0 Å². The molecule has 3 aromatic carbocycles. The van der Waals surface area contributed by atoms with E-state index in [0.717, 1.165) is 21.2 Å². The summed E-state index contributed by atoms with van der Waals surface area (Å²) < 4.78 is 0.789. The van der Waals surface area contributed by atoms with E-state index in [4.69, 9.17) is 17.2 Å². The van der Waals surface area contributed by atoms with Gasteiger partial charge in [-0.1, -0.05) is 94.8 Å². The highest BCUT2D eigenvalue weighted by Gasteiger charge is 2.26. The molecule has 0 bridgehead atoms. The highest BCUT2D eigenvalue weighted by atomic mass is 79.9. The Morgan fingerprint density at radius 2 is 1.38 bits per heavy atom. The lowest BCUT2D eigenvalue weighted by Gasteiger charge is -2.22. The van der Waals surface area contributed by atoms with Gasteiger partial charge in [0.1, 0.15) is 12.1 Å². The lowest BCUT2D eigenvalue weighted by molar-refractivity contribution is -0.130. The van der Waals surface area contributed by atoms with Crippen LogP contribution in [0.1, 0.15) is 29.5 Å². The van der Waals surface area contributed by atoms with E-state index in [2.05, 4.69) is 31.6 Å². The molecule has 10 heteroatoms. The fourth-order valence-corrected chi connectivity index (χ4v) is 4.51. The maximum absolute atomic E-state index is 13.4. The first-order chi connectivity index (χ1) is 19.2. The minimum absolute atomic E-state index is 0.0643. The lowest BCUT2D eigenvalue weighted by Crippen LogP contribution is -2.53. The van der Waals surface area contributed by atoms with Crippen LogP contribution in [0.4, 0.5) is 0 Å². The zero-order chi connectivity index (χ0) is 28.9. The van der Waals surface area contributed by atoms with Crippen molar-refractivity contribution in [3.05, 3.63) is 112 Å². The van der Waals surface area contributed by atoms with Crippen molar-refractivity contribution in [3.8, 4) is 0 Å². The van der Waals surface area contributed by atoms with Crippen LogP contribution >= 0.6 is 15.9 Å². The van der Waals surface area contributed by atoms with Crippen molar-refractivity contribution in [1.29, 1.82) is 0 Å². The van der Waals surface area contributed by atoms with Gasteiger partial charge in [0.2, 0.25) is 17.7 Å². The zero-order valence-corrected chi connectivity index (χ0v) is 23.5. The number of rotatable bonds is 13. The van der Waals surface area contributed by atoms with Crippen molar-refractivity contribution < 1.29 is 14.4 Å². The van der Waals surface area contributed by atoms with Crippen LogP contribution in [0.25, 0.3) is 5.57 Å². The third-order valence-electron chi connectivity index (χ3n) is 6.07. The third kappa shape index (κ3) is 9.39. The van der Waals surface area contributed by atoms with Gasteiger partial charge in [-0.3, -0.25) is 19.4 Å². The van der Waals surface area contributed by atoms with Crippen molar-refractivity contribution >= 4 is 45.2 Å². The number of hydrogen-bond donors (Lipinski definition) is 5. The van der Waals surface area contributed by atoms with Crippen LogP contribution < -0.4 is 27.8 Å². The van der Waals surface area contributed by atoms with E-state index < -0.39 is 29.8 Å². The summed E-state index contributed by atoms with van der Waals surface area (Å²) in [7, 11) is 0. The number of nitrogens with zero attached hydrogens (tertiary/aromatic N) is 1. The predicted molar refractivity (Wildman–Crippen MR) is 161 cm³/mol. The summed E-state index contributed by atoms with van der Waals surface area (Å²) >= 11 is 3.46. The quantitative estimate of drug-likeness (QED) is 0.0873. The van der Waals surface area contributed by atoms with Gasteiger partial charge >= 0.3 is 0 Å². The van der Waals surface area contributed by atoms with Gasteiger partial charge in [0.05, 0.1) is 0 Å². The molecule has 0 aliphatic carbocycles. The molecular formula is C30H33BrN6O3. The largest absolute Gasteiger partial charge is 0.370 e. The van der Waals surface area contributed by atoms with Crippen molar-refractivity contribution in [3.63, 3.8) is 0 Å². The summed E-state index contributed by atoms with van der Waals surface area (Å²) in [5, 5.41) is 5.50. The first-order valence-corrected chi connectivity index (χ1v) is 13.6. The molecule has 208 valence electrons. The SMILES string of the molecule is NC(=O)[C@H](Cc1ccccc1Br)NC(=O)[C@@H](CCCN=C(N)N)NC(=O)C=C(c1ccccc1)c1ccccc1. The minimum Gasteiger partial charge on any atom is -0.370 e. The predicted octanol–water partition coefficient (Wildman–Crippen LogP) is 2.63. The van der Waals surface area contributed by atoms with Crippen LogP contribution in [0, 0.1) is 0 Å². The third-order valence-corrected chi connectivity index (χ3v) is 6.84. The molecule has 0 aliphatic rings. The molecule has 0 heterocycles. The fraction of sp³-hybridized carbons (Fsp3) is 0.200. The highest BCUT2D eigenvalue weighted by Crippen LogP contribution is 2.23. The number of carbonyl (C=O) groups is 3. The van der Waals surface area contributed by atoms with Crippen molar-refractivity contribution in [2.75, 3.05) is 6.54 Å². The smallest absolute Gasteiger partial charge is 0.245 e. The molecule has 0 radical (unpaired) electrons. The van der Waals surface area contributed by atoms with E-state index in [1.807, 2.05) is 84.9 Å². The maximum Gasteiger partial charge on any atom is 0.245 e. The Hall–Kier alpha value is -4.44. The normalized spacial score (nSPS) is 11.9. The molecule has 9 nitrogen and oxygen atoms in total. The van der Waals surface area contributed by atoms with Gasteiger partial charge in [-0.15, -0.1) is 0 Å². The summed E-state index contributed by atoms with van der Waals surface area (Å²) in [6.45, 7) is 0.271. The molecule has 3 rings (SSSR count).